The Labute approximate surface area is 418 Å². The number of aryl methyl sites for hydroxylation is 4. The zero-order chi connectivity index (χ0) is 46.5. The van der Waals surface area contributed by atoms with Crippen LogP contribution in [0.2, 0.25) is 0 Å². The Morgan fingerprint density at radius 3 is 0.831 bits per heavy atom. The van der Waals surface area contributed by atoms with E-state index in [0.717, 1.165) is 96.9 Å². The Bertz CT molecular complexity index is 1960. The van der Waals surface area contributed by atoms with Crippen molar-refractivity contribution in [2.45, 2.75) is 243 Å². The molecule has 4 aromatic rings. The molecule has 0 fully saturated rings. The van der Waals surface area contributed by atoms with Crippen molar-refractivity contribution >= 4 is 69.1 Å². The van der Waals surface area contributed by atoms with Gasteiger partial charge in [0.15, 0.2) is 0 Å². The monoisotopic (exact) mass is 1130 g/mol. The van der Waals surface area contributed by atoms with Crippen molar-refractivity contribution < 1.29 is 25.9 Å². The quantitative estimate of drug-likeness (QED) is 0.0261. The number of hydrogen-bond acceptors (Lipinski definition) is 6. The van der Waals surface area contributed by atoms with E-state index >= 15 is 0 Å². The van der Waals surface area contributed by atoms with Crippen molar-refractivity contribution in [1.29, 1.82) is 0 Å². The molecule has 362 valence electrons. The molecule has 0 aliphatic carbocycles. The molecule has 0 aliphatic heterocycles. The summed E-state index contributed by atoms with van der Waals surface area (Å²) < 4.78 is 71.1. The van der Waals surface area contributed by atoms with Crippen molar-refractivity contribution in [3.63, 3.8) is 0 Å². The van der Waals surface area contributed by atoms with Gasteiger partial charge in [-0.3, -0.25) is 0 Å². The molecule has 0 spiro atoms. The molecule has 0 aromatic heterocycles. The van der Waals surface area contributed by atoms with Gasteiger partial charge in [-0.2, -0.15) is 0 Å². The van der Waals surface area contributed by atoms with Gasteiger partial charge in [-0.1, -0.05) is 218 Å². The maximum Gasteiger partial charge on any atom is 2.00 e. The molecule has 0 bridgehead atoms. The van der Waals surface area contributed by atoms with Crippen molar-refractivity contribution in [3.05, 3.63) is 82.9 Å². The summed E-state index contributed by atoms with van der Waals surface area (Å²) in [6.45, 7) is 8.92. The number of unbranched alkanes of at least 4 members (excludes halogenated alkanes) is 24. The standard InChI is InChI=1S/2C28H44O3S.Pb/c2*1-3-5-7-9-11-13-15-18-24-20-17-21-27-25(19-16-14-12-10-8-6-4-2)22-26(23-28(24)27)32(29,30)31;/h2*17,20-23H,3-16,18-19H2,1-2H3,(H,29,30,31);/q;;+2/p-2. The molecule has 0 unspecified atom stereocenters. The van der Waals surface area contributed by atoms with Gasteiger partial charge >= 0.3 is 27.3 Å². The summed E-state index contributed by atoms with van der Waals surface area (Å²) in [4.78, 5) is -0.148. The van der Waals surface area contributed by atoms with Crippen LogP contribution in [0, 0.1) is 0 Å². The smallest absolute Gasteiger partial charge is 0.744 e. The molecule has 0 heterocycles. The molecule has 0 aliphatic rings. The summed E-state index contributed by atoms with van der Waals surface area (Å²) in [5.74, 6) is 0. The third-order valence-electron chi connectivity index (χ3n) is 13.1. The molecule has 0 N–H and O–H groups in total. The van der Waals surface area contributed by atoms with Crippen LogP contribution in [0.15, 0.2) is 70.5 Å². The molecule has 0 saturated heterocycles. The molecule has 4 aromatic carbocycles. The fraction of sp³-hybridized carbons (Fsp3) is 0.643. The van der Waals surface area contributed by atoms with Crippen LogP contribution in [0.25, 0.3) is 21.5 Å². The van der Waals surface area contributed by atoms with Gasteiger partial charge in [-0.05, 0) is 119 Å². The zero-order valence-electron chi connectivity index (χ0n) is 41.2. The van der Waals surface area contributed by atoms with E-state index in [1.54, 1.807) is 24.3 Å². The van der Waals surface area contributed by atoms with E-state index in [1.165, 1.54) is 152 Å². The van der Waals surface area contributed by atoms with Crippen LogP contribution in [-0.4, -0.2) is 53.2 Å². The predicted molar refractivity (Wildman–Crippen MR) is 276 cm³/mol. The third-order valence-corrected chi connectivity index (χ3v) is 14.7. The molecule has 6 nitrogen and oxygen atoms in total. The van der Waals surface area contributed by atoms with E-state index in [2.05, 4.69) is 64.1 Å². The van der Waals surface area contributed by atoms with Crippen LogP contribution in [0.1, 0.15) is 230 Å². The first-order valence-corrected chi connectivity index (χ1v) is 28.8. The molecule has 65 heavy (non-hydrogen) atoms. The molecular weight excluding hydrogens is 1040 g/mol. The fourth-order valence-corrected chi connectivity index (χ4v) is 10.3. The van der Waals surface area contributed by atoms with Crippen LogP contribution in [0.5, 0.6) is 0 Å². The first-order valence-electron chi connectivity index (χ1n) is 25.9. The topological polar surface area (TPSA) is 114 Å². The van der Waals surface area contributed by atoms with Gasteiger partial charge < -0.3 is 9.11 Å². The van der Waals surface area contributed by atoms with Gasteiger partial charge in [0.25, 0.3) is 0 Å². The molecule has 9 heteroatoms. The Kier molecular flexibility index (Phi) is 31.4. The van der Waals surface area contributed by atoms with E-state index in [1.807, 2.05) is 0 Å². The molecule has 4 rings (SSSR count). The largest absolute Gasteiger partial charge is 2.00 e. The molecule has 0 saturated carbocycles. The van der Waals surface area contributed by atoms with Gasteiger partial charge in [0.05, 0.1) is 9.79 Å². The second-order valence-corrected chi connectivity index (χ2v) is 21.3. The van der Waals surface area contributed by atoms with E-state index in [9.17, 15) is 25.9 Å². The minimum Gasteiger partial charge on any atom is -0.744 e. The summed E-state index contributed by atoms with van der Waals surface area (Å²) in [7, 11) is -8.93. The second-order valence-electron chi connectivity index (χ2n) is 18.6. The van der Waals surface area contributed by atoms with Gasteiger partial charge in [0.2, 0.25) is 0 Å². The summed E-state index contributed by atoms with van der Waals surface area (Å²) in [5.41, 5.74) is 4.35. The fourth-order valence-electron chi connectivity index (χ4n) is 9.22. The van der Waals surface area contributed by atoms with Crippen molar-refractivity contribution in [2.24, 2.45) is 0 Å². The maximum absolute atomic E-state index is 11.8. The summed E-state index contributed by atoms with van der Waals surface area (Å²) in [5, 5.41) is 4.13. The Hall–Kier alpha value is -1.86. The van der Waals surface area contributed by atoms with Gasteiger partial charge in [0.1, 0.15) is 20.2 Å². The van der Waals surface area contributed by atoms with Crippen LogP contribution in [-0.2, 0) is 45.9 Å². The van der Waals surface area contributed by atoms with Gasteiger partial charge in [-0.25, -0.2) is 16.8 Å². The minimum absolute atomic E-state index is 0. The van der Waals surface area contributed by atoms with Crippen molar-refractivity contribution in [3.8, 4) is 0 Å². The molecule has 2 radical (unpaired) electrons. The number of fused-ring (bicyclic) bond motifs is 2. The average Bonchev–Trinajstić information content (AvgIpc) is 3.27. The normalized spacial score (nSPS) is 11.8. The Morgan fingerprint density at radius 2 is 0.569 bits per heavy atom. The van der Waals surface area contributed by atoms with Crippen LogP contribution < -0.4 is 0 Å². The second kappa shape index (κ2) is 34.4. The van der Waals surface area contributed by atoms with E-state index < -0.39 is 20.2 Å². The van der Waals surface area contributed by atoms with Gasteiger partial charge in [0, 0.05) is 0 Å². The summed E-state index contributed by atoms with van der Waals surface area (Å²) in [6.07, 6.45) is 38.1. The minimum atomic E-state index is -4.47. The molecule has 0 atom stereocenters. The van der Waals surface area contributed by atoms with E-state index in [4.69, 9.17) is 0 Å². The maximum atomic E-state index is 11.8. The number of hydrogen-bond donors (Lipinski definition) is 0. The predicted octanol–water partition coefficient (Wildman–Crippen LogP) is 16.3. The summed E-state index contributed by atoms with van der Waals surface area (Å²) in [6, 6.07) is 19.0. The molecule has 0 amide bonds. The van der Waals surface area contributed by atoms with Gasteiger partial charge in [-0.15, -0.1) is 0 Å². The van der Waals surface area contributed by atoms with Crippen molar-refractivity contribution in [1.82, 2.24) is 0 Å². The van der Waals surface area contributed by atoms with Crippen LogP contribution >= 0.6 is 0 Å². The zero-order valence-corrected chi connectivity index (χ0v) is 46.7. The van der Waals surface area contributed by atoms with E-state index in [-0.39, 0.29) is 37.1 Å². The molecular formula is C56H86O6PbS2. The summed E-state index contributed by atoms with van der Waals surface area (Å²) >= 11 is 0. The Balaban J connectivity index is 0.000000440. The third kappa shape index (κ3) is 23.3. The van der Waals surface area contributed by atoms with Crippen LogP contribution in [0.4, 0.5) is 0 Å². The first kappa shape index (κ1) is 59.3. The Morgan fingerprint density at radius 1 is 0.323 bits per heavy atom. The average molecular weight is 1130 g/mol. The van der Waals surface area contributed by atoms with E-state index in [0.29, 0.717) is 0 Å². The first-order chi connectivity index (χ1) is 30.9. The van der Waals surface area contributed by atoms with Crippen LogP contribution in [0.3, 0.4) is 0 Å². The number of rotatable bonds is 34. The SMILES string of the molecule is CCCCCCCCCc1cc(S(=O)(=O)[O-])cc2c(CCCCCCCCC)cccc12.CCCCCCCCCc1cc(S(=O)(=O)[O-])cc2c(CCCCCCCCC)cccc12.[Pb+2]. The van der Waals surface area contributed by atoms with Crippen molar-refractivity contribution in [2.75, 3.05) is 0 Å². The number of benzene rings is 4.